The fourth-order valence-corrected chi connectivity index (χ4v) is 3.11. The second kappa shape index (κ2) is 4.65. The Morgan fingerprint density at radius 3 is 2.30 bits per heavy atom. The predicted molar refractivity (Wildman–Crippen MR) is 89.6 cm³/mol. The van der Waals surface area contributed by atoms with Gasteiger partial charge in [0.15, 0.2) is 0 Å². The molecule has 110 valence electrons. The standard InChI is InChI=1S/C19H29N/c1-12(2)14-9-15(18(4,5)6)17-16(10-14)19(7,8)11-13(3)20-17/h9-10,12,20H,3,11H2,1-2,4-8H3. The quantitative estimate of drug-likeness (QED) is 0.689. The first-order valence-electron chi connectivity index (χ1n) is 7.66. The van der Waals surface area contributed by atoms with Crippen LogP contribution in [0.2, 0.25) is 0 Å². The average Bonchev–Trinajstić information content (AvgIpc) is 2.24. The normalized spacial score (nSPS) is 17.9. The Bertz CT molecular complexity index is 524. The minimum absolute atomic E-state index is 0.135. The van der Waals surface area contributed by atoms with E-state index in [1.165, 1.54) is 22.4 Å². The maximum absolute atomic E-state index is 4.18. The zero-order valence-corrected chi connectivity index (χ0v) is 14.1. The zero-order chi connectivity index (χ0) is 15.3. The van der Waals surface area contributed by atoms with Crippen molar-refractivity contribution in [1.29, 1.82) is 0 Å². The van der Waals surface area contributed by atoms with Crippen LogP contribution in [-0.4, -0.2) is 0 Å². The Balaban J connectivity index is 2.76. The van der Waals surface area contributed by atoms with Crippen LogP contribution in [0.5, 0.6) is 0 Å². The number of anilines is 1. The number of benzene rings is 1. The van der Waals surface area contributed by atoms with Gasteiger partial charge in [-0.05, 0) is 39.9 Å². The Morgan fingerprint density at radius 1 is 1.20 bits per heavy atom. The van der Waals surface area contributed by atoms with Gasteiger partial charge in [0, 0.05) is 11.4 Å². The molecule has 1 nitrogen and oxygen atoms in total. The lowest BCUT2D eigenvalue weighted by molar-refractivity contribution is 0.505. The number of allylic oxidation sites excluding steroid dienone is 1. The summed E-state index contributed by atoms with van der Waals surface area (Å²) in [5.74, 6) is 0.558. The largest absolute Gasteiger partial charge is 0.359 e. The van der Waals surface area contributed by atoms with Gasteiger partial charge in [-0.25, -0.2) is 0 Å². The van der Waals surface area contributed by atoms with Crippen LogP contribution in [-0.2, 0) is 10.8 Å². The maximum Gasteiger partial charge on any atom is 0.0457 e. The minimum Gasteiger partial charge on any atom is -0.359 e. The first-order valence-corrected chi connectivity index (χ1v) is 7.66. The number of fused-ring (bicyclic) bond motifs is 1. The third-order valence-corrected chi connectivity index (χ3v) is 4.32. The number of rotatable bonds is 1. The van der Waals surface area contributed by atoms with Crippen LogP contribution in [0.15, 0.2) is 24.4 Å². The van der Waals surface area contributed by atoms with E-state index in [1.807, 2.05) is 0 Å². The molecule has 0 atom stereocenters. The average molecular weight is 271 g/mol. The molecule has 1 aliphatic rings. The summed E-state index contributed by atoms with van der Waals surface area (Å²) in [6.45, 7) is 20.3. The molecule has 1 N–H and O–H groups in total. The SMILES string of the molecule is C=C1CC(C)(C)c2cc(C(C)C)cc(C(C)(C)C)c2N1. The Labute approximate surface area is 124 Å². The molecule has 0 aliphatic carbocycles. The summed E-state index contributed by atoms with van der Waals surface area (Å²) in [7, 11) is 0. The molecule has 0 fully saturated rings. The first-order chi connectivity index (χ1) is 9.02. The van der Waals surface area contributed by atoms with E-state index in [2.05, 4.69) is 72.5 Å². The number of nitrogens with one attached hydrogen (secondary N) is 1. The van der Waals surface area contributed by atoms with E-state index in [0.29, 0.717) is 5.92 Å². The highest BCUT2D eigenvalue weighted by Crippen LogP contribution is 2.46. The topological polar surface area (TPSA) is 12.0 Å². The fraction of sp³-hybridized carbons (Fsp3) is 0.579. The molecule has 0 unspecified atom stereocenters. The van der Waals surface area contributed by atoms with E-state index >= 15 is 0 Å². The van der Waals surface area contributed by atoms with Gasteiger partial charge in [-0.3, -0.25) is 0 Å². The Kier molecular flexibility index (Phi) is 3.52. The molecule has 0 saturated carbocycles. The predicted octanol–water partition coefficient (Wildman–Crippen LogP) is 5.71. The van der Waals surface area contributed by atoms with Crippen LogP contribution >= 0.6 is 0 Å². The van der Waals surface area contributed by atoms with Crippen molar-refractivity contribution in [3.8, 4) is 0 Å². The Morgan fingerprint density at radius 2 is 1.80 bits per heavy atom. The smallest absolute Gasteiger partial charge is 0.0457 e. The summed E-state index contributed by atoms with van der Waals surface area (Å²) in [5.41, 5.74) is 7.01. The van der Waals surface area contributed by atoms with Crippen molar-refractivity contribution >= 4 is 5.69 Å². The van der Waals surface area contributed by atoms with Gasteiger partial charge in [0.25, 0.3) is 0 Å². The third kappa shape index (κ3) is 2.63. The van der Waals surface area contributed by atoms with Crippen molar-refractivity contribution in [3.05, 3.63) is 41.1 Å². The molecule has 0 saturated heterocycles. The zero-order valence-electron chi connectivity index (χ0n) is 14.1. The van der Waals surface area contributed by atoms with Crippen LogP contribution in [0.1, 0.15) is 77.5 Å². The van der Waals surface area contributed by atoms with E-state index in [9.17, 15) is 0 Å². The van der Waals surface area contributed by atoms with E-state index in [1.54, 1.807) is 0 Å². The van der Waals surface area contributed by atoms with Gasteiger partial charge < -0.3 is 5.32 Å². The summed E-state index contributed by atoms with van der Waals surface area (Å²) in [5, 5.41) is 3.56. The summed E-state index contributed by atoms with van der Waals surface area (Å²) >= 11 is 0. The summed E-state index contributed by atoms with van der Waals surface area (Å²) in [6, 6.07) is 4.78. The monoisotopic (exact) mass is 271 g/mol. The van der Waals surface area contributed by atoms with E-state index in [0.717, 1.165) is 12.1 Å². The molecule has 1 aliphatic heterocycles. The second-order valence-electron chi connectivity index (χ2n) is 8.18. The highest BCUT2D eigenvalue weighted by molar-refractivity contribution is 5.68. The number of hydrogen-bond acceptors (Lipinski definition) is 1. The van der Waals surface area contributed by atoms with E-state index in [4.69, 9.17) is 0 Å². The van der Waals surface area contributed by atoms with Crippen LogP contribution in [0.25, 0.3) is 0 Å². The van der Waals surface area contributed by atoms with Gasteiger partial charge >= 0.3 is 0 Å². The second-order valence-corrected chi connectivity index (χ2v) is 8.18. The lowest BCUT2D eigenvalue weighted by Crippen LogP contribution is -2.29. The molecule has 0 aromatic heterocycles. The Hall–Kier alpha value is -1.24. The number of hydrogen-bond donors (Lipinski definition) is 1. The van der Waals surface area contributed by atoms with Crippen LogP contribution in [0, 0.1) is 0 Å². The lowest BCUT2D eigenvalue weighted by Gasteiger charge is -2.39. The van der Waals surface area contributed by atoms with Gasteiger partial charge in [0.05, 0.1) is 0 Å². The molecular weight excluding hydrogens is 242 g/mol. The molecule has 1 heterocycles. The molecule has 1 heteroatoms. The molecule has 0 spiro atoms. The minimum atomic E-state index is 0.135. The third-order valence-electron chi connectivity index (χ3n) is 4.32. The summed E-state index contributed by atoms with van der Waals surface area (Å²) in [6.07, 6.45) is 1.01. The van der Waals surface area contributed by atoms with Gasteiger partial charge in [-0.2, -0.15) is 0 Å². The highest BCUT2D eigenvalue weighted by atomic mass is 14.9. The van der Waals surface area contributed by atoms with Crippen LogP contribution in [0.4, 0.5) is 5.69 Å². The van der Waals surface area contributed by atoms with Gasteiger partial charge in [0.2, 0.25) is 0 Å². The highest BCUT2D eigenvalue weighted by Gasteiger charge is 2.33. The summed E-state index contributed by atoms with van der Waals surface area (Å²) in [4.78, 5) is 0. The van der Waals surface area contributed by atoms with Gasteiger partial charge in [-0.1, -0.05) is 67.2 Å². The maximum atomic E-state index is 4.18. The van der Waals surface area contributed by atoms with E-state index in [-0.39, 0.29) is 10.8 Å². The fourth-order valence-electron chi connectivity index (χ4n) is 3.11. The van der Waals surface area contributed by atoms with Crippen molar-refractivity contribution in [1.82, 2.24) is 0 Å². The van der Waals surface area contributed by atoms with Crippen molar-refractivity contribution in [3.63, 3.8) is 0 Å². The molecule has 0 amide bonds. The summed E-state index contributed by atoms with van der Waals surface area (Å²) < 4.78 is 0. The molecule has 0 bridgehead atoms. The first kappa shape index (κ1) is 15.2. The van der Waals surface area contributed by atoms with Gasteiger partial charge in [0.1, 0.15) is 0 Å². The van der Waals surface area contributed by atoms with Gasteiger partial charge in [-0.15, -0.1) is 0 Å². The molecule has 1 aromatic carbocycles. The molecular formula is C19H29N. The molecule has 20 heavy (non-hydrogen) atoms. The van der Waals surface area contributed by atoms with Crippen LogP contribution in [0.3, 0.4) is 0 Å². The van der Waals surface area contributed by atoms with Crippen molar-refractivity contribution in [2.75, 3.05) is 5.32 Å². The van der Waals surface area contributed by atoms with Crippen molar-refractivity contribution in [2.24, 2.45) is 0 Å². The van der Waals surface area contributed by atoms with E-state index < -0.39 is 0 Å². The lowest BCUT2D eigenvalue weighted by atomic mass is 9.72. The van der Waals surface area contributed by atoms with Crippen molar-refractivity contribution in [2.45, 2.75) is 71.6 Å². The van der Waals surface area contributed by atoms with Crippen LogP contribution < -0.4 is 5.32 Å². The molecule has 0 radical (unpaired) electrons. The van der Waals surface area contributed by atoms with Crippen molar-refractivity contribution < 1.29 is 0 Å². The molecule has 1 aromatic rings. The molecule has 2 rings (SSSR count).